The molecule has 0 amide bonds. The summed E-state index contributed by atoms with van der Waals surface area (Å²) in [5.74, 6) is 0.276. The molecule has 0 radical (unpaired) electrons. The molecule has 1 heterocycles. The Hall–Kier alpha value is -0.380. The zero-order valence-electron chi connectivity index (χ0n) is 6.66. The molecule has 2 unspecified atom stereocenters. The van der Waals surface area contributed by atoms with E-state index in [0.29, 0.717) is 12.8 Å². The van der Waals surface area contributed by atoms with Crippen LogP contribution in [0.1, 0.15) is 19.8 Å². The third-order valence-electron chi connectivity index (χ3n) is 2.21. The molecule has 64 valence electrons. The Bertz CT molecular complexity index is 245. The molecular weight excluding hydrogens is 162 g/mol. The molecule has 2 atom stereocenters. The lowest BCUT2D eigenvalue weighted by atomic mass is 10.1. The summed E-state index contributed by atoms with van der Waals surface area (Å²) >= 11 is 0. The van der Waals surface area contributed by atoms with E-state index in [2.05, 4.69) is 11.7 Å². The summed E-state index contributed by atoms with van der Waals surface area (Å²) in [5.41, 5.74) is 0. The SMILES string of the molecule is C=NC1CCS(=O)(=O)C(C)C1. The van der Waals surface area contributed by atoms with Crippen LogP contribution in [0, 0.1) is 0 Å². The van der Waals surface area contributed by atoms with Gasteiger partial charge >= 0.3 is 0 Å². The van der Waals surface area contributed by atoms with Crippen LogP contribution in [0.2, 0.25) is 0 Å². The second-order valence-electron chi connectivity index (χ2n) is 3.04. The van der Waals surface area contributed by atoms with Crippen LogP contribution in [0.4, 0.5) is 0 Å². The molecule has 0 aromatic rings. The third-order valence-corrected chi connectivity index (χ3v) is 4.43. The van der Waals surface area contributed by atoms with E-state index in [1.165, 1.54) is 0 Å². The van der Waals surface area contributed by atoms with E-state index in [1.54, 1.807) is 6.92 Å². The zero-order valence-corrected chi connectivity index (χ0v) is 7.47. The van der Waals surface area contributed by atoms with Crippen LogP contribution in [0.5, 0.6) is 0 Å². The molecule has 4 heteroatoms. The van der Waals surface area contributed by atoms with Gasteiger partial charge in [0.15, 0.2) is 9.84 Å². The lowest BCUT2D eigenvalue weighted by Gasteiger charge is -2.23. The van der Waals surface area contributed by atoms with E-state index in [4.69, 9.17) is 0 Å². The summed E-state index contributed by atoms with van der Waals surface area (Å²) in [4.78, 5) is 3.85. The molecular formula is C7H13NO2S. The highest BCUT2D eigenvalue weighted by atomic mass is 32.2. The van der Waals surface area contributed by atoms with E-state index in [9.17, 15) is 8.42 Å². The molecule has 0 aromatic carbocycles. The molecule has 1 saturated heterocycles. The predicted octanol–water partition coefficient (Wildman–Crippen LogP) is 0.653. The quantitative estimate of drug-likeness (QED) is 0.549. The van der Waals surface area contributed by atoms with E-state index in [-0.39, 0.29) is 17.0 Å². The predicted molar refractivity (Wildman–Crippen MR) is 45.8 cm³/mol. The maximum Gasteiger partial charge on any atom is 0.153 e. The molecule has 1 fully saturated rings. The molecule has 11 heavy (non-hydrogen) atoms. The summed E-state index contributed by atoms with van der Waals surface area (Å²) < 4.78 is 22.4. The molecule has 0 saturated carbocycles. The first-order valence-corrected chi connectivity index (χ1v) is 5.45. The second kappa shape index (κ2) is 2.93. The van der Waals surface area contributed by atoms with Crippen molar-refractivity contribution in [1.29, 1.82) is 0 Å². The number of rotatable bonds is 1. The average molecular weight is 175 g/mol. The van der Waals surface area contributed by atoms with Crippen molar-refractivity contribution < 1.29 is 8.42 Å². The minimum atomic E-state index is -2.79. The maximum absolute atomic E-state index is 11.2. The van der Waals surface area contributed by atoms with Gasteiger partial charge in [0.25, 0.3) is 0 Å². The molecule has 0 aliphatic carbocycles. The number of hydrogen-bond donors (Lipinski definition) is 0. The number of sulfone groups is 1. The molecule has 0 bridgehead atoms. The molecule has 0 N–H and O–H groups in total. The van der Waals surface area contributed by atoms with Gasteiger partial charge in [-0.2, -0.15) is 0 Å². The fourth-order valence-electron chi connectivity index (χ4n) is 1.31. The van der Waals surface area contributed by atoms with Crippen molar-refractivity contribution in [3.8, 4) is 0 Å². The normalized spacial score (nSPS) is 36.5. The van der Waals surface area contributed by atoms with Crippen LogP contribution in [0.15, 0.2) is 4.99 Å². The van der Waals surface area contributed by atoms with Crippen LogP contribution in [0.25, 0.3) is 0 Å². The molecule has 0 aromatic heterocycles. The highest BCUT2D eigenvalue weighted by molar-refractivity contribution is 7.92. The minimum absolute atomic E-state index is 0.161. The summed E-state index contributed by atoms with van der Waals surface area (Å²) in [6.45, 7) is 5.16. The van der Waals surface area contributed by atoms with Gasteiger partial charge in [0.1, 0.15) is 0 Å². The van der Waals surface area contributed by atoms with Crippen LogP contribution in [-0.2, 0) is 9.84 Å². The van der Waals surface area contributed by atoms with E-state index in [1.807, 2.05) is 0 Å². The van der Waals surface area contributed by atoms with Crippen molar-refractivity contribution in [3.05, 3.63) is 0 Å². The van der Waals surface area contributed by atoms with Crippen molar-refractivity contribution in [3.63, 3.8) is 0 Å². The maximum atomic E-state index is 11.2. The van der Waals surface area contributed by atoms with Crippen molar-refractivity contribution in [2.24, 2.45) is 4.99 Å². The lowest BCUT2D eigenvalue weighted by molar-refractivity contribution is 0.515. The van der Waals surface area contributed by atoms with Crippen LogP contribution >= 0.6 is 0 Å². The fraction of sp³-hybridized carbons (Fsp3) is 0.857. The van der Waals surface area contributed by atoms with Gasteiger partial charge in [-0.15, -0.1) is 0 Å². The number of nitrogens with zero attached hydrogens (tertiary/aromatic N) is 1. The van der Waals surface area contributed by atoms with E-state index in [0.717, 1.165) is 0 Å². The molecule has 0 spiro atoms. The number of aliphatic imine (C=N–C) groups is 1. The van der Waals surface area contributed by atoms with Gasteiger partial charge in [-0.3, -0.25) is 4.99 Å². The standard InChI is InChI=1S/C7H13NO2S/c1-6-5-7(8-2)3-4-11(6,9)10/h6-7H,2-5H2,1H3. The van der Waals surface area contributed by atoms with Crippen molar-refractivity contribution >= 4 is 16.6 Å². The van der Waals surface area contributed by atoms with Gasteiger partial charge < -0.3 is 0 Å². The van der Waals surface area contributed by atoms with Crippen molar-refractivity contribution in [2.45, 2.75) is 31.1 Å². The average Bonchev–Trinajstić information content (AvgIpc) is 1.95. The molecule has 1 aliphatic heterocycles. The monoisotopic (exact) mass is 175 g/mol. The first-order valence-electron chi connectivity index (χ1n) is 3.73. The highest BCUT2D eigenvalue weighted by Crippen LogP contribution is 2.21. The summed E-state index contributed by atoms with van der Waals surface area (Å²) in [5, 5.41) is -0.230. The van der Waals surface area contributed by atoms with E-state index < -0.39 is 9.84 Å². The Morgan fingerprint density at radius 1 is 1.55 bits per heavy atom. The minimum Gasteiger partial charge on any atom is -0.298 e. The molecule has 1 aliphatic rings. The largest absolute Gasteiger partial charge is 0.298 e. The van der Waals surface area contributed by atoms with Crippen molar-refractivity contribution in [1.82, 2.24) is 0 Å². The highest BCUT2D eigenvalue weighted by Gasteiger charge is 2.29. The number of hydrogen-bond acceptors (Lipinski definition) is 3. The van der Waals surface area contributed by atoms with Gasteiger partial charge in [0, 0.05) is 0 Å². The molecule has 3 nitrogen and oxygen atoms in total. The van der Waals surface area contributed by atoms with Gasteiger partial charge in [0.2, 0.25) is 0 Å². The van der Waals surface area contributed by atoms with Gasteiger partial charge in [-0.25, -0.2) is 8.42 Å². The van der Waals surface area contributed by atoms with Crippen LogP contribution < -0.4 is 0 Å². The third kappa shape index (κ3) is 1.80. The van der Waals surface area contributed by atoms with Gasteiger partial charge in [0.05, 0.1) is 17.0 Å². The fourth-order valence-corrected chi connectivity index (χ4v) is 2.83. The Balaban J connectivity index is 2.69. The molecule has 1 rings (SSSR count). The van der Waals surface area contributed by atoms with Crippen molar-refractivity contribution in [2.75, 3.05) is 5.75 Å². The lowest BCUT2D eigenvalue weighted by Crippen LogP contribution is -2.32. The Morgan fingerprint density at radius 2 is 2.18 bits per heavy atom. The summed E-state index contributed by atoms with van der Waals surface area (Å²) in [6.07, 6.45) is 1.29. The second-order valence-corrected chi connectivity index (χ2v) is 5.58. The summed E-state index contributed by atoms with van der Waals surface area (Å²) in [7, 11) is -2.79. The summed E-state index contributed by atoms with van der Waals surface area (Å²) in [6, 6.07) is 0.161. The van der Waals surface area contributed by atoms with Crippen LogP contribution in [0.3, 0.4) is 0 Å². The van der Waals surface area contributed by atoms with Gasteiger partial charge in [-0.05, 0) is 26.5 Å². The topological polar surface area (TPSA) is 46.5 Å². The zero-order chi connectivity index (χ0) is 8.48. The Kier molecular flexibility index (Phi) is 2.32. The van der Waals surface area contributed by atoms with Crippen LogP contribution in [-0.4, -0.2) is 32.2 Å². The Morgan fingerprint density at radius 3 is 2.64 bits per heavy atom. The Labute approximate surface area is 67.4 Å². The smallest absolute Gasteiger partial charge is 0.153 e. The first-order chi connectivity index (χ1) is 5.06. The first kappa shape index (κ1) is 8.71. The van der Waals surface area contributed by atoms with E-state index >= 15 is 0 Å². The van der Waals surface area contributed by atoms with Gasteiger partial charge in [-0.1, -0.05) is 0 Å².